The first-order chi connectivity index (χ1) is 9.02. The molecule has 1 aromatic carbocycles. The van der Waals surface area contributed by atoms with Crippen LogP contribution in [0, 0.1) is 15.9 Å². The lowest BCUT2D eigenvalue weighted by Crippen LogP contribution is -2.45. The van der Waals surface area contributed by atoms with Crippen LogP contribution in [0.15, 0.2) is 18.2 Å². The number of rotatable bonds is 3. The fourth-order valence-corrected chi connectivity index (χ4v) is 2.19. The summed E-state index contributed by atoms with van der Waals surface area (Å²) in [4.78, 5) is 21.9. The molecule has 1 N–H and O–H groups in total. The van der Waals surface area contributed by atoms with E-state index in [1.165, 1.54) is 25.3 Å². The number of ether oxygens (including phenoxy) is 1. The SMILES string of the molecule is COc1ccc(F)c(C2NC(=O)CCC2[N+](=O)[O-])c1. The molecule has 102 valence electrons. The zero-order chi connectivity index (χ0) is 14.0. The number of carbonyl (C=O) groups excluding carboxylic acids is 1. The molecule has 1 heterocycles. The normalized spacial score (nSPS) is 22.7. The van der Waals surface area contributed by atoms with E-state index >= 15 is 0 Å². The molecule has 1 aliphatic heterocycles. The van der Waals surface area contributed by atoms with Gasteiger partial charge in [0.1, 0.15) is 17.6 Å². The third-order valence-electron chi connectivity index (χ3n) is 3.18. The topological polar surface area (TPSA) is 81.5 Å². The van der Waals surface area contributed by atoms with Gasteiger partial charge in [-0.1, -0.05) is 0 Å². The van der Waals surface area contributed by atoms with Crippen molar-refractivity contribution in [2.24, 2.45) is 0 Å². The predicted molar refractivity (Wildman–Crippen MR) is 63.9 cm³/mol. The number of benzene rings is 1. The highest BCUT2D eigenvalue weighted by Gasteiger charge is 2.39. The van der Waals surface area contributed by atoms with Crippen molar-refractivity contribution in [2.75, 3.05) is 7.11 Å². The summed E-state index contributed by atoms with van der Waals surface area (Å²) in [5.41, 5.74) is 0.0779. The maximum absolute atomic E-state index is 13.8. The Bertz CT molecular complexity index is 520. The molecule has 1 aromatic rings. The van der Waals surface area contributed by atoms with E-state index in [2.05, 4.69) is 5.32 Å². The second-order valence-electron chi connectivity index (χ2n) is 4.32. The Morgan fingerprint density at radius 2 is 2.26 bits per heavy atom. The minimum Gasteiger partial charge on any atom is -0.497 e. The molecule has 19 heavy (non-hydrogen) atoms. The summed E-state index contributed by atoms with van der Waals surface area (Å²) in [7, 11) is 1.42. The van der Waals surface area contributed by atoms with Crippen molar-refractivity contribution in [1.29, 1.82) is 0 Å². The third-order valence-corrected chi connectivity index (χ3v) is 3.18. The summed E-state index contributed by atoms with van der Waals surface area (Å²) in [5, 5.41) is 13.5. The van der Waals surface area contributed by atoms with Crippen LogP contribution >= 0.6 is 0 Å². The van der Waals surface area contributed by atoms with Gasteiger partial charge in [-0.15, -0.1) is 0 Å². The van der Waals surface area contributed by atoms with Gasteiger partial charge < -0.3 is 10.1 Å². The average Bonchev–Trinajstić information content (AvgIpc) is 2.38. The first-order valence-electron chi connectivity index (χ1n) is 5.79. The molecule has 6 nitrogen and oxygen atoms in total. The quantitative estimate of drug-likeness (QED) is 0.664. The summed E-state index contributed by atoms with van der Waals surface area (Å²) in [6.45, 7) is 0. The van der Waals surface area contributed by atoms with Gasteiger partial charge in [-0.2, -0.15) is 0 Å². The number of piperidine rings is 1. The van der Waals surface area contributed by atoms with Gasteiger partial charge >= 0.3 is 0 Å². The number of amides is 1. The number of carbonyl (C=O) groups is 1. The van der Waals surface area contributed by atoms with Gasteiger partial charge in [-0.25, -0.2) is 4.39 Å². The fourth-order valence-electron chi connectivity index (χ4n) is 2.19. The van der Waals surface area contributed by atoms with Gasteiger partial charge in [0.2, 0.25) is 11.9 Å². The molecule has 0 bridgehead atoms. The molecular weight excluding hydrogens is 255 g/mol. The van der Waals surface area contributed by atoms with E-state index in [9.17, 15) is 19.3 Å². The monoisotopic (exact) mass is 268 g/mol. The van der Waals surface area contributed by atoms with Crippen molar-refractivity contribution >= 4 is 5.91 Å². The fraction of sp³-hybridized carbons (Fsp3) is 0.417. The summed E-state index contributed by atoms with van der Waals surface area (Å²) < 4.78 is 18.8. The van der Waals surface area contributed by atoms with Crippen LogP contribution in [0.5, 0.6) is 5.75 Å². The standard InChI is InChI=1S/C12H13FN2O4/c1-19-7-2-3-9(13)8(6-7)12-10(15(17)18)4-5-11(16)14-12/h2-3,6,10,12H,4-5H2,1H3,(H,14,16). The predicted octanol–water partition coefficient (Wildman–Crippen LogP) is 1.43. The first kappa shape index (κ1) is 13.3. The molecule has 1 saturated heterocycles. The third kappa shape index (κ3) is 2.64. The molecule has 1 amide bonds. The van der Waals surface area contributed by atoms with Gasteiger partial charge in [0.05, 0.1) is 7.11 Å². The van der Waals surface area contributed by atoms with E-state index in [-0.39, 0.29) is 24.3 Å². The van der Waals surface area contributed by atoms with Crippen LogP contribution in [0.3, 0.4) is 0 Å². The molecule has 1 aliphatic rings. The Balaban J connectivity index is 2.40. The van der Waals surface area contributed by atoms with Crippen molar-refractivity contribution in [3.05, 3.63) is 39.7 Å². The highest BCUT2D eigenvalue weighted by atomic mass is 19.1. The highest BCUT2D eigenvalue weighted by Crippen LogP contribution is 2.30. The molecule has 2 rings (SSSR count). The smallest absolute Gasteiger partial charge is 0.237 e. The Morgan fingerprint density at radius 3 is 2.89 bits per heavy atom. The number of nitrogens with zero attached hydrogens (tertiary/aromatic N) is 1. The van der Waals surface area contributed by atoms with Crippen LogP contribution in [0.2, 0.25) is 0 Å². The van der Waals surface area contributed by atoms with Crippen LogP contribution in [0.4, 0.5) is 4.39 Å². The average molecular weight is 268 g/mol. The lowest BCUT2D eigenvalue weighted by Gasteiger charge is -2.27. The zero-order valence-corrected chi connectivity index (χ0v) is 10.3. The van der Waals surface area contributed by atoms with Crippen LogP contribution in [0.1, 0.15) is 24.4 Å². The van der Waals surface area contributed by atoms with E-state index in [1.807, 2.05) is 0 Å². The number of halogens is 1. The van der Waals surface area contributed by atoms with Crippen LogP contribution in [0.25, 0.3) is 0 Å². The maximum Gasteiger partial charge on any atom is 0.237 e. The minimum atomic E-state index is -1.03. The molecule has 0 aliphatic carbocycles. The number of hydrogen-bond acceptors (Lipinski definition) is 4. The van der Waals surface area contributed by atoms with E-state index < -0.39 is 22.8 Å². The summed E-state index contributed by atoms with van der Waals surface area (Å²) in [6, 6.07) is 1.98. The number of hydrogen-bond donors (Lipinski definition) is 1. The lowest BCUT2D eigenvalue weighted by molar-refractivity contribution is -0.529. The lowest BCUT2D eigenvalue weighted by atomic mass is 9.92. The highest BCUT2D eigenvalue weighted by molar-refractivity contribution is 5.77. The molecule has 2 unspecified atom stereocenters. The van der Waals surface area contributed by atoms with Crippen LogP contribution < -0.4 is 10.1 Å². The van der Waals surface area contributed by atoms with Crippen LogP contribution in [-0.2, 0) is 4.79 Å². The van der Waals surface area contributed by atoms with Crippen LogP contribution in [-0.4, -0.2) is 24.0 Å². The Labute approximate surface area is 108 Å². The van der Waals surface area contributed by atoms with Gasteiger partial charge in [0.15, 0.2) is 0 Å². The molecular formula is C12H13FN2O4. The molecule has 7 heteroatoms. The van der Waals surface area contributed by atoms with Gasteiger partial charge in [0.25, 0.3) is 0 Å². The molecule has 0 spiro atoms. The molecule has 0 saturated carbocycles. The number of methoxy groups -OCH3 is 1. The van der Waals surface area contributed by atoms with Crippen molar-refractivity contribution in [2.45, 2.75) is 24.9 Å². The molecule has 0 radical (unpaired) electrons. The first-order valence-corrected chi connectivity index (χ1v) is 5.79. The maximum atomic E-state index is 13.8. The Hall–Kier alpha value is -2.18. The second-order valence-corrected chi connectivity index (χ2v) is 4.32. The van der Waals surface area contributed by atoms with Gasteiger partial charge in [0, 0.05) is 23.3 Å². The largest absolute Gasteiger partial charge is 0.497 e. The van der Waals surface area contributed by atoms with Gasteiger partial charge in [-0.05, 0) is 18.2 Å². The molecule has 0 aromatic heterocycles. The Morgan fingerprint density at radius 1 is 1.53 bits per heavy atom. The number of nitrogens with one attached hydrogen (secondary N) is 1. The van der Waals surface area contributed by atoms with E-state index in [0.717, 1.165) is 0 Å². The van der Waals surface area contributed by atoms with E-state index in [1.54, 1.807) is 0 Å². The summed E-state index contributed by atoms with van der Waals surface area (Å²) >= 11 is 0. The minimum absolute atomic E-state index is 0.0771. The summed E-state index contributed by atoms with van der Waals surface area (Å²) in [6.07, 6.45) is 0.174. The summed E-state index contributed by atoms with van der Waals surface area (Å²) in [5.74, 6) is -0.525. The Kier molecular flexibility index (Phi) is 3.64. The molecule has 1 fully saturated rings. The van der Waals surface area contributed by atoms with E-state index in [4.69, 9.17) is 4.74 Å². The van der Waals surface area contributed by atoms with E-state index in [0.29, 0.717) is 5.75 Å². The second kappa shape index (κ2) is 5.21. The molecule has 2 atom stereocenters. The number of nitro groups is 1. The van der Waals surface area contributed by atoms with Crippen molar-refractivity contribution in [3.63, 3.8) is 0 Å². The van der Waals surface area contributed by atoms with Crippen molar-refractivity contribution in [3.8, 4) is 5.75 Å². The van der Waals surface area contributed by atoms with Gasteiger partial charge in [-0.3, -0.25) is 14.9 Å². The van der Waals surface area contributed by atoms with Crippen molar-refractivity contribution in [1.82, 2.24) is 5.32 Å². The van der Waals surface area contributed by atoms with Crippen molar-refractivity contribution < 1.29 is 18.8 Å². The zero-order valence-electron chi connectivity index (χ0n) is 10.3.